The summed E-state index contributed by atoms with van der Waals surface area (Å²) in [7, 11) is 0. The summed E-state index contributed by atoms with van der Waals surface area (Å²) in [5.74, 6) is 0.178. The molecule has 6 nitrogen and oxygen atoms in total. The van der Waals surface area contributed by atoms with E-state index in [1.807, 2.05) is 65.6 Å². The van der Waals surface area contributed by atoms with Crippen LogP contribution < -0.4 is 0 Å². The van der Waals surface area contributed by atoms with E-state index in [4.69, 9.17) is 0 Å². The van der Waals surface area contributed by atoms with Gasteiger partial charge in [-0.05, 0) is 23.6 Å². The van der Waals surface area contributed by atoms with Gasteiger partial charge in [0.25, 0.3) is 5.91 Å². The van der Waals surface area contributed by atoms with Crippen LogP contribution in [0.15, 0.2) is 77.0 Å². The van der Waals surface area contributed by atoms with Crippen molar-refractivity contribution in [2.75, 3.05) is 39.3 Å². The van der Waals surface area contributed by atoms with Crippen molar-refractivity contribution in [1.82, 2.24) is 9.80 Å². The maximum absolute atomic E-state index is 12.5. The average Bonchev–Trinajstić information content (AvgIpc) is 2.84. The molecule has 4 rings (SSSR count). The number of rotatable bonds is 6. The quantitative estimate of drug-likeness (QED) is 0.711. The van der Waals surface area contributed by atoms with Gasteiger partial charge in [-0.1, -0.05) is 48.5 Å². The lowest BCUT2D eigenvalue weighted by Crippen LogP contribution is -2.49. The second-order valence-corrected chi connectivity index (χ2v) is 8.33. The number of carbonyl (C=O) groups excluding carboxylic acids is 2. The van der Waals surface area contributed by atoms with Crippen LogP contribution in [0.25, 0.3) is 0 Å². The molecule has 1 aliphatic carbocycles. The largest absolute Gasteiger partial charge is 0.511 e. The smallest absolute Gasteiger partial charge is 0.253 e. The molecule has 166 valence electrons. The van der Waals surface area contributed by atoms with Crippen LogP contribution in [0.5, 0.6) is 0 Å². The van der Waals surface area contributed by atoms with Gasteiger partial charge in [-0.15, -0.1) is 0 Å². The van der Waals surface area contributed by atoms with E-state index < -0.39 is 0 Å². The van der Waals surface area contributed by atoms with Crippen LogP contribution in [-0.4, -0.2) is 72.1 Å². The van der Waals surface area contributed by atoms with E-state index in [2.05, 4.69) is 9.89 Å². The van der Waals surface area contributed by atoms with Crippen molar-refractivity contribution in [3.05, 3.63) is 83.1 Å². The molecular formula is C26H29N3O3. The molecule has 1 unspecified atom stereocenters. The van der Waals surface area contributed by atoms with Crippen LogP contribution in [0.1, 0.15) is 34.7 Å². The Balaban J connectivity index is 1.24. The van der Waals surface area contributed by atoms with Gasteiger partial charge in [-0.25, -0.2) is 0 Å². The average molecular weight is 432 g/mol. The van der Waals surface area contributed by atoms with E-state index in [-0.39, 0.29) is 23.4 Å². The molecule has 1 aliphatic heterocycles. The molecule has 2 aromatic carbocycles. The van der Waals surface area contributed by atoms with Gasteiger partial charge in [0, 0.05) is 57.3 Å². The Bertz CT molecular complexity index is 993. The number of aliphatic imine (C=N–C) groups is 1. The van der Waals surface area contributed by atoms with Crippen molar-refractivity contribution in [2.45, 2.75) is 18.8 Å². The number of piperazine rings is 1. The van der Waals surface area contributed by atoms with Gasteiger partial charge in [0.2, 0.25) is 0 Å². The number of carbonyl (C=O) groups is 2. The first-order chi connectivity index (χ1) is 15.6. The summed E-state index contributed by atoms with van der Waals surface area (Å²) in [6, 6.07) is 19.2. The molecule has 1 heterocycles. The lowest BCUT2D eigenvalue weighted by molar-refractivity contribution is -0.116. The maximum Gasteiger partial charge on any atom is 0.253 e. The van der Waals surface area contributed by atoms with Gasteiger partial charge in [-0.2, -0.15) is 0 Å². The summed E-state index contributed by atoms with van der Waals surface area (Å²) in [6.45, 7) is 4.32. The van der Waals surface area contributed by atoms with Crippen LogP contribution in [0.2, 0.25) is 0 Å². The number of ketones is 1. The van der Waals surface area contributed by atoms with Crippen LogP contribution in [0, 0.1) is 0 Å². The standard InChI is InChI=1S/C26H29N3O3/c30-24-17-22(20-7-3-1-4-8-20)18-25(31)23(24)19-27-11-12-28-13-15-29(16-14-28)26(32)21-9-5-2-6-10-21/h1-10,19,22,30H,11-18H2. The van der Waals surface area contributed by atoms with Gasteiger partial charge < -0.3 is 10.0 Å². The van der Waals surface area contributed by atoms with Crippen molar-refractivity contribution in [3.63, 3.8) is 0 Å². The van der Waals surface area contributed by atoms with E-state index in [1.165, 1.54) is 6.21 Å². The molecule has 0 radical (unpaired) electrons. The zero-order valence-corrected chi connectivity index (χ0v) is 18.2. The van der Waals surface area contributed by atoms with Gasteiger partial charge in [0.1, 0.15) is 5.76 Å². The van der Waals surface area contributed by atoms with E-state index in [0.29, 0.717) is 38.0 Å². The molecule has 6 heteroatoms. The SMILES string of the molecule is O=C1CC(c2ccccc2)CC(O)=C1C=NCCN1CCN(C(=O)c2ccccc2)CC1. The molecule has 0 spiro atoms. The third-order valence-corrected chi connectivity index (χ3v) is 6.20. The molecule has 1 fully saturated rings. The Hall–Kier alpha value is -3.25. The second-order valence-electron chi connectivity index (χ2n) is 8.33. The molecule has 32 heavy (non-hydrogen) atoms. The minimum absolute atomic E-state index is 0.0238. The van der Waals surface area contributed by atoms with Crippen LogP contribution >= 0.6 is 0 Å². The summed E-state index contributed by atoms with van der Waals surface area (Å²) in [4.78, 5) is 33.7. The fourth-order valence-electron chi connectivity index (χ4n) is 4.31. The minimum Gasteiger partial charge on any atom is -0.511 e. The molecule has 2 aromatic rings. The van der Waals surface area contributed by atoms with E-state index in [0.717, 1.165) is 30.8 Å². The van der Waals surface area contributed by atoms with Crippen molar-refractivity contribution in [2.24, 2.45) is 4.99 Å². The zero-order valence-electron chi connectivity index (χ0n) is 18.2. The van der Waals surface area contributed by atoms with Crippen molar-refractivity contribution < 1.29 is 14.7 Å². The number of hydrogen-bond acceptors (Lipinski definition) is 5. The fraction of sp³-hybridized carbons (Fsp3) is 0.346. The second kappa shape index (κ2) is 10.4. The highest BCUT2D eigenvalue weighted by Gasteiger charge is 2.27. The Morgan fingerprint density at radius 3 is 2.28 bits per heavy atom. The van der Waals surface area contributed by atoms with E-state index >= 15 is 0 Å². The highest BCUT2D eigenvalue weighted by atomic mass is 16.3. The van der Waals surface area contributed by atoms with Crippen LogP contribution in [0.4, 0.5) is 0 Å². The Morgan fingerprint density at radius 1 is 0.969 bits per heavy atom. The van der Waals surface area contributed by atoms with Crippen LogP contribution in [-0.2, 0) is 4.79 Å². The highest BCUT2D eigenvalue weighted by Crippen LogP contribution is 2.32. The molecule has 1 N–H and O–H groups in total. The monoisotopic (exact) mass is 431 g/mol. The third kappa shape index (κ3) is 5.32. The first-order valence-corrected chi connectivity index (χ1v) is 11.2. The molecule has 1 amide bonds. The number of nitrogens with zero attached hydrogens (tertiary/aromatic N) is 3. The summed E-state index contributed by atoms with van der Waals surface area (Å²) < 4.78 is 0. The number of hydrogen-bond donors (Lipinski definition) is 1. The van der Waals surface area contributed by atoms with Crippen molar-refractivity contribution in [1.29, 1.82) is 0 Å². The molecule has 0 bridgehead atoms. The van der Waals surface area contributed by atoms with Gasteiger partial charge in [0.05, 0.1) is 12.1 Å². The predicted molar refractivity (Wildman–Crippen MR) is 125 cm³/mol. The van der Waals surface area contributed by atoms with Gasteiger partial charge in [0.15, 0.2) is 5.78 Å². The Kier molecular flexibility index (Phi) is 7.12. The number of aliphatic hydroxyl groups is 1. The first kappa shape index (κ1) is 22.0. The molecule has 2 aliphatic rings. The Labute approximate surface area is 188 Å². The fourth-order valence-corrected chi connectivity index (χ4v) is 4.31. The highest BCUT2D eigenvalue weighted by molar-refractivity contribution is 6.14. The lowest BCUT2D eigenvalue weighted by Gasteiger charge is -2.34. The van der Waals surface area contributed by atoms with Crippen molar-refractivity contribution >= 4 is 17.9 Å². The zero-order chi connectivity index (χ0) is 22.3. The minimum atomic E-state index is -0.0561. The van der Waals surface area contributed by atoms with E-state index in [9.17, 15) is 14.7 Å². The van der Waals surface area contributed by atoms with Crippen LogP contribution in [0.3, 0.4) is 0 Å². The lowest BCUT2D eigenvalue weighted by atomic mass is 9.83. The number of allylic oxidation sites excluding steroid dienone is 2. The van der Waals surface area contributed by atoms with Gasteiger partial charge in [-0.3, -0.25) is 19.5 Å². The van der Waals surface area contributed by atoms with E-state index in [1.54, 1.807) is 0 Å². The molecule has 1 atom stereocenters. The summed E-state index contributed by atoms with van der Waals surface area (Å²) in [6.07, 6.45) is 2.40. The molecule has 0 aromatic heterocycles. The third-order valence-electron chi connectivity index (χ3n) is 6.20. The predicted octanol–water partition coefficient (Wildman–Crippen LogP) is 3.47. The summed E-state index contributed by atoms with van der Waals surface area (Å²) in [5.41, 5.74) is 2.15. The molecular weight excluding hydrogens is 402 g/mol. The number of benzene rings is 2. The normalized spacial score (nSPS) is 20.2. The Morgan fingerprint density at radius 2 is 1.62 bits per heavy atom. The summed E-state index contributed by atoms with van der Waals surface area (Å²) >= 11 is 0. The molecule has 0 saturated carbocycles. The number of aliphatic hydroxyl groups excluding tert-OH is 1. The maximum atomic E-state index is 12.5. The van der Waals surface area contributed by atoms with Gasteiger partial charge >= 0.3 is 0 Å². The number of Topliss-reactive ketones (excluding diaryl/α,β-unsaturated/α-hetero) is 1. The molecule has 1 saturated heterocycles. The van der Waals surface area contributed by atoms with Crippen molar-refractivity contribution in [3.8, 4) is 0 Å². The first-order valence-electron chi connectivity index (χ1n) is 11.2. The number of amides is 1. The summed E-state index contributed by atoms with van der Waals surface area (Å²) in [5, 5.41) is 10.4. The topological polar surface area (TPSA) is 73.2 Å².